The maximum Gasteiger partial charge on any atom is 0.290 e. The molecule has 1 N–H and O–H groups in total. The SMILES string of the molecule is Cc1cc(NC(=O)[C@@H]2CCCN2C(=O)c2ccco2)n(C)n1. The summed E-state index contributed by atoms with van der Waals surface area (Å²) in [5, 5.41) is 7.03. The van der Waals surface area contributed by atoms with Gasteiger partial charge in [-0.1, -0.05) is 0 Å². The minimum absolute atomic E-state index is 0.194. The molecule has 116 valence electrons. The van der Waals surface area contributed by atoms with Crippen LogP contribution in [0, 0.1) is 6.92 Å². The Hall–Kier alpha value is -2.57. The lowest BCUT2D eigenvalue weighted by Gasteiger charge is -2.22. The number of furan rings is 1. The number of carbonyl (C=O) groups excluding carboxylic acids is 2. The molecule has 3 heterocycles. The number of hydrogen-bond donors (Lipinski definition) is 1. The monoisotopic (exact) mass is 302 g/mol. The third kappa shape index (κ3) is 2.61. The summed E-state index contributed by atoms with van der Waals surface area (Å²) in [6, 6.07) is 4.59. The summed E-state index contributed by atoms with van der Waals surface area (Å²) < 4.78 is 6.75. The highest BCUT2D eigenvalue weighted by Gasteiger charge is 2.35. The van der Waals surface area contributed by atoms with Crippen molar-refractivity contribution in [2.75, 3.05) is 11.9 Å². The number of rotatable bonds is 3. The van der Waals surface area contributed by atoms with E-state index in [9.17, 15) is 9.59 Å². The molecule has 2 aromatic rings. The average molecular weight is 302 g/mol. The van der Waals surface area contributed by atoms with Crippen molar-refractivity contribution in [2.24, 2.45) is 7.05 Å². The molecular weight excluding hydrogens is 284 g/mol. The van der Waals surface area contributed by atoms with Crippen molar-refractivity contribution < 1.29 is 14.0 Å². The highest BCUT2D eigenvalue weighted by molar-refractivity contribution is 6.00. The summed E-state index contributed by atoms with van der Waals surface area (Å²) in [6.07, 6.45) is 2.90. The van der Waals surface area contributed by atoms with Gasteiger partial charge in [-0.3, -0.25) is 14.3 Å². The number of nitrogens with zero attached hydrogens (tertiary/aromatic N) is 3. The fourth-order valence-electron chi connectivity index (χ4n) is 2.76. The van der Waals surface area contributed by atoms with E-state index in [1.165, 1.54) is 6.26 Å². The van der Waals surface area contributed by atoms with Gasteiger partial charge in [-0.05, 0) is 31.9 Å². The number of carbonyl (C=O) groups is 2. The molecule has 22 heavy (non-hydrogen) atoms. The molecule has 1 fully saturated rings. The molecule has 0 unspecified atom stereocenters. The topological polar surface area (TPSA) is 80.4 Å². The minimum atomic E-state index is -0.479. The molecule has 7 heteroatoms. The van der Waals surface area contributed by atoms with E-state index < -0.39 is 6.04 Å². The Balaban J connectivity index is 1.74. The van der Waals surface area contributed by atoms with E-state index >= 15 is 0 Å². The number of hydrogen-bond acceptors (Lipinski definition) is 4. The van der Waals surface area contributed by atoms with Crippen LogP contribution in [0.4, 0.5) is 5.82 Å². The molecule has 1 aliphatic heterocycles. The van der Waals surface area contributed by atoms with Crippen molar-refractivity contribution in [1.29, 1.82) is 0 Å². The van der Waals surface area contributed by atoms with Crippen molar-refractivity contribution in [1.82, 2.24) is 14.7 Å². The van der Waals surface area contributed by atoms with Crippen LogP contribution < -0.4 is 5.32 Å². The van der Waals surface area contributed by atoms with Crippen molar-refractivity contribution in [3.63, 3.8) is 0 Å². The number of anilines is 1. The van der Waals surface area contributed by atoms with E-state index in [-0.39, 0.29) is 17.6 Å². The lowest BCUT2D eigenvalue weighted by atomic mass is 10.2. The van der Waals surface area contributed by atoms with Gasteiger partial charge in [-0.25, -0.2) is 0 Å². The first kappa shape index (κ1) is 14.4. The predicted molar refractivity (Wildman–Crippen MR) is 79.3 cm³/mol. The van der Waals surface area contributed by atoms with Crippen LogP contribution in [0.5, 0.6) is 0 Å². The van der Waals surface area contributed by atoms with Gasteiger partial charge in [0.15, 0.2) is 5.76 Å². The van der Waals surface area contributed by atoms with E-state index in [1.807, 2.05) is 6.92 Å². The number of nitrogens with one attached hydrogen (secondary N) is 1. The van der Waals surface area contributed by atoms with Crippen LogP contribution in [0.2, 0.25) is 0 Å². The summed E-state index contributed by atoms with van der Waals surface area (Å²) in [6.45, 7) is 2.42. The quantitative estimate of drug-likeness (QED) is 0.933. The van der Waals surface area contributed by atoms with Crippen molar-refractivity contribution in [3.8, 4) is 0 Å². The lowest BCUT2D eigenvalue weighted by Crippen LogP contribution is -2.43. The molecule has 0 bridgehead atoms. The summed E-state index contributed by atoms with van der Waals surface area (Å²) >= 11 is 0. The van der Waals surface area contributed by atoms with Gasteiger partial charge in [0.05, 0.1) is 12.0 Å². The molecule has 0 spiro atoms. The molecule has 2 amide bonds. The second kappa shape index (κ2) is 5.67. The molecule has 7 nitrogen and oxygen atoms in total. The van der Waals surface area contributed by atoms with E-state index in [1.54, 1.807) is 34.8 Å². The smallest absolute Gasteiger partial charge is 0.290 e. The molecule has 1 aliphatic rings. The Morgan fingerprint density at radius 1 is 1.45 bits per heavy atom. The Kier molecular flexibility index (Phi) is 3.70. The van der Waals surface area contributed by atoms with Crippen molar-refractivity contribution in [3.05, 3.63) is 35.9 Å². The summed E-state index contributed by atoms with van der Waals surface area (Å²) in [7, 11) is 1.77. The van der Waals surface area contributed by atoms with Crippen LogP contribution >= 0.6 is 0 Å². The Morgan fingerprint density at radius 3 is 2.91 bits per heavy atom. The van der Waals surface area contributed by atoms with E-state index in [2.05, 4.69) is 10.4 Å². The molecule has 1 atom stereocenters. The Labute approximate surface area is 127 Å². The molecule has 1 saturated heterocycles. The van der Waals surface area contributed by atoms with Gasteiger partial charge < -0.3 is 14.6 Å². The van der Waals surface area contributed by atoms with Gasteiger partial charge in [0.2, 0.25) is 5.91 Å². The summed E-state index contributed by atoms with van der Waals surface area (Å²) in [4.78, 5) is 26.4. The van der Waals surface area contributed by atoms with Crippen LogP contribution in [0.3, 0.4) is 0 Å². The lowest BCUT2D eigenvalue weighted by molar-refractivity contribution is -0.119. The highest BCUT2D eigenvalue weighted by atomic mass is 16.3. The van der Waals surface area contributed by atoms with Gasteiger partial charge in [-0.15, -0.1) is 0 Å². The van der Waals surface area contributed by atoms with E-state index in [4.69, 9.17) is 4.42 Å². The largest absolute Gasteiger partial charge is 0.459 e. The first-order chi connectivity index (χ1) is 10.6. The first-order valence-corrected chi connectivity index (χ1v) is 7.22. The Morgan fingerprint density at radius 2 is 2.27 bits per heavy atom. The first-order valence-electron chi connectivity index (χ1n) is 7.22. The molecular formula is C15H18N4O3. The van der Waals surface area contributed by atoms with Gasteiger partial charge >= 0.3 is 0 Å². The molecule has 3 rings (SSSR count). The van der Waals surface area contributed by atoms with Crippen molar-refractivity contribution >= 4 is 17.6 Å². The van der Waals surface area contributed by atoms with Gasteiger partial charge in [-0.2, -0.15) is 5.10 Å². The minimum Gasteiger partial charge on any atom is -0.459 e. The average Bonchev–Trinajstić information content (AvgIpc) is 3.20. The standard InChI is InChI=1S/C15H18N4O3/c1-10-9-13(18(2)17-10)16-14(20)11-5-3-7-19(11)15(21)12-6-4-8-22-12/h4,6,8-9,11H,3,5,7H2,1-2H3,(H,16,20)/t11-/m0/s1. The van der Waals surface area contributed by atoms with Gasteiger partial charge in [0.25, 0.3) is 5.91 Å². The summed E-state index contributed by atoms with van der Waals surface area (Å²) in [5.41, 5.74) is 0.827. The zero-order chi connectivity index (χ0) is 15.7. The molecule has 0 aliphatic carbocycles. The maximum absolute atomic E-state index is 12.5. The molecule has 0 aromatic carbocycles. The second-order valence-corrected chi connectivity index (χ2v) is 5.42. The summed E-state index contributed by atoms with van der Waals surface area (Å²) in [5.74, 6) is 0.445. The second-order valence-electron chi connectivity index (χ2n) is 5.42. The molecule has 0 radical (unpaired) electrons. The fraction of sp³-hybridized carbons (Fsp3) is 0.400. The van der Waals surface area contributed by atoms with Crippen LogP contribution in [-0.2, 0) is 11.8 Å². The van der Waals surface area contributed by atoms with Crippen molar-refractivity contribution in [2.45, 2.75) is 25.8 Å². The zero-order valence-electron chi connectivity index (χ0n) is 12.6. The number of aromatic nitrogens is 2. The van der Waals surface area contributed by atoms with E-state index in [0.29, 0.717) is 18.8 Å². The predicted octanol–water partition coefficient (Wildman–Crippen LogP) is 1.56. The molecule has 2 aromatic heterocycles. The third-order valence-electron chi connectivity index (χ3n) is 3.80. The number of likely N-dealkylation sites (tertiary alicyclic amines) is 1. The van der Waals surface area contributed by atoms with Crippen LogP contribution in [0.15, 0.2) is 28.9 Å². The molecule has 0 saturated carbocycles. The fourth-order valence-corrected chi connectivity index (χ4v) is 2.76. The number of amides is 2. The van der Waals surface area contributed by atoms with Crippen LogP contribution in [0.25, 0.3) is 0 Å². The third-order valence-corrected chi connectivity index (χ3v) is 3.80. The maximum atomic E-state index is 12.5. The highest BCUT2D eigenvalue weighted by Crippen LogP contribution is 2.22. The zero-order valence-corrected chi connectivity index (χ0v) is 12.6. The Bertz CT molecular complexity index is 690. The normalized spacial score (nSPS) is 17.7. The number of aryl methyl sites for hydroxylation is 2. The van der Waals surface area contributed by atoms with Gasteiger partial charge in [0, 0.05) is 19.7 Å². The van der Waals surface area contributed by atoms with Crippen LogP contribution in [-0.4, -0.2) is 39.1 Å². The van der Waals surface area contributed by atoms with E-state index in [0.717, 1.165) is 12.1 Å². The van der Waals surface area contributed by atoms with Gasteiger partial charge in [0.1, 0.15) is 11.9 Å². The van der Waals surface area contributed by atoms with Crippen LogP contribution in [0.1, 0.15) is 29.1 Å².